The quantitative estimate of drug-likeness (QED) is 0.755. The molecule has 1 fully saturated rings. The van der Waals surface area contributed by atoms with E-state index in [2.05, 4.69) is 6.92 Å². The van der Waals surface area contributed by atoms with Crippen LogP contribution in [0, 0.1) is 5.92 Å². The Morgan fingerprint density at radius 2 is 1.89 bits per heavy atom. The number of piperidine rings is 1. The molecule has 2 amide bonds. The first-order valence-corrected chi connectivity index (χ1v) is 6.97. The van der Waals surface area contributed by atoms with Crippen LogP contribution in [0.5, 0.6) is 0 Å². The number of urea groups is 1. The first kappa shape index (κ1) is 15.8. The van der Waals surface area contributed by atoms with E-state index in [1.807, 2.05) is 0 Å². The van der Waals surface area contributed by atoms with Gasteiger partial charge < -0.3 is 20.0 Å². The Bertz CT molecular complexity index is 301. The fraction of sp³-hybridized carbons (Fsp3) is 0.846. The molecule has 6 heteroatoms. The van der Waals surface area contributed by atoms with Crippen molar-refractivity contribution in [2.24, 2.45) is 5.92 Å². The van der Waals surface area contributed by atoms with Crippen LogP contribution in [-0.4, -0.2) is 64.8 Å². The summed E-state index contributed by atoms with van der Waals surface area (Å²) >= 11 is 0. The van der Waals surface area contributed by atoms with Crippen molar-refractivity contribution in [3.63, 3.8) is 0 Å². The second kappa shape index (κ2) is 7.99. The Hall–Kier alpha value is -1.30. The second-order valence-corrected chi connectivity index (χ2v) is 4.95. The molecule has 0 aromatic rings. The number of unbranched alkanes of at least 4 members (excludes halogenated alkanes) is 1. The molecule has 1 heterocycles. The van der Waals surface area contributed by atoms with Gasteiger partial charge in [0.05, 0.1) is 12.5 Å². The number of aliphatic hydroxyl groups excluding tert-OH is 1. The van der Waals surface area contributed by atoms with E-state index in [1.54, 1.807) is 9.80 Å². The highest BCUT2D eigenvalue weighted by molar-refractivity contribution is 5.75. The van der Waals surface area contributed by atoms with Gasteiger partial charge in [0.15, 0.2) is 0 Å². The van der Waals surface area contributed by atoms with E-state index in [9.17, 15) is 9.59 Å². The maximum absolute atomic E-state index is 12.3. The highest BCUT2D eigenvalue weighted by Gasteiger charge is 2.28. The minimum Gasteiger partial charge on any atom is -0.481 e. The lowest BCUT2D eigenvalue weighted by Gasteiger charge is -2.34. The molecule has 0 aromatic carbocycles. The zero-order valence-electron chi connectivity index (χ0n) is 11.5. The number of likely N-dealkylation sites (tertiary alicyclic amines) is 1. The number of aliphatic carboxylic acids is 1. The maximum Gasteiger partial charge on any atom is 0.320 e. The molecule has 6 nitrogen and oxygen atoms in total. The average Bonchev–Trinajstić information content (AvgIpc) is 2.42. The largest absolute Gasteiger partial charge is 0.481 e. The van der Waals surface area contributed by atoms with Gasteiger partial charge >= 0.3 is 12.0 Å². The van der Waals surface area contributed by atoms with Gasteiger partial charge in [-0.15, -0.1) is 0 Å². The van der Waals surface area contributed by atoms with E-state index in [1.165, 1.54) is 0 Å². The van der Waals surface area contributed by atoms with E-state index in [0.29, 0.717) is 39.0 Å². The average molecular weight is 272 g/mol. The van der Waals surface area contributed by atoms with Crippen molar-refractivity contribution in [3.8, 4) is 0 Å². The summed E-state index contributed by atoms with van der Waals surface area (Å²) in [6.07, 6.45) is 2.94. The Morgan fingerprint density at radius 3 is 2.37 bits per heavy atom. The molecule has 1 saturated heterocycles. The van der Waals surface area contributed by atoms with Crippen LogP contribution in [0.4, 0.5) is 4.79 Å². The molecule has 0 spiro atoms. The van der Waals surface area contributed by atoms with Crippen LogP contribution < -0.4 is 0 Å². The fourth-order valence-corrected chi connectivity index (χ4v) is 2.29. The number of carboxylic acids is 1. The number of hydrogen-bond donors (Lipinski definition) is 2. The Balaban J connectivity index is 2.48. The summed E-state index contributed by atoms with van der Waals surface area (Å²) < 4.78 is 0. The number of rotatable bonds is 6. The van der Waals surface area contributed by atoms with Crippen LogP contribution in [-0.2, 0) is 4.79 Å². The van der Waals surface area contributed by atoms with Crippen molar-refractivity contribution < 1.29 is 19.8 Å². The molecule has 19 heavy (non-hydrogen) atoms. The van der Waals surface area contributed by atoms with Gasteiger partial charge in [0.2, 0.25) is 0 Å². The molecule has 2 N–H and O–H groups in total. The lowest BCUT2D eigenvalue weighted by molar-refractivity contribution is -0.143. The van der Waals surface area contributed by atoms with Gasteiger partial charge in [-0.2, -0.15) is 0 Å². The van der Waals surface area contributed by atoms with Crippen LogP contribution in [0.15, 0.2) is 0 Å². The van der Waals surface area contributed by atoms with Crippen LogP contribution in [0.2, 0.25) is 0 Å². The fourth-order valence-electron chi connectivity index (χ4n) is 2.29. The van der Waals surface area contributed by atoms with E-state index in [0.717, 1.165) is 12.8 Å². The molecule has 0 unspecified atom stereocenters. The Morgan fingerprint density at radius 1 is 1.26 bits per heavy atom. The SMILES string of the molecule is CCCCN(CCO)C(=O)N1CCC(C(=O)O)CC1. The van der Waals surface area contributed by atoms with Gasteiger partial charge in [-0.1, -0.05) is 13.3 Å². The normalized spacial score (nSPS) is 16.4. The van der Waals surface area contributed by atoms with Crippen molar-refractivity contribution in [1.82, 2.24) is 9.80 Å². The molecule has 1 aliphatic rings. The zero-order valence-corrected chi connectivity index (χ0v) is 11.5. The van der Waals surface area contributed by atoms with Crippen molar-refractivity contribution in [2.45, 2.75) is 32.6 Å². The van der Waals surface area contributed by atoms with Gasteiger partial charge in [-0.25, -0.2) is 4.79 Å². The minimum absolute atomic E-state index is 0.0406. The number of carbonyl (C=O) groups excluding carboxylic acids is 1. The molecule has 110 valence electrons. The molecule has 1 rings (SSSR count). The number of hydrogen-bond acceptors (Lipinski definition) is 3. The van der Waals surface area contributed by atoms with Crippen LogP contribution in [0.3, 0.4) is 0 Å². The van der Waals surface area contributed by atoms with Crippen LogP contribution >= 0.6 is 0 Å². The smallest absolute Gasteiger partial charge is 0.320 e. The molecular formula is C13H24N2O4. The maximum atomic E-state index is 12.3. The van der Waals surface area contributed by atoms with Gasteiger partial charge in [0, 0.05) is 26.2 Å². The van der Waals surface area contributed by atoms with Gasteiger partial charge in [-0.05, 0) is 19.3 Å². The topological polar surface area (TPSA) is 81.1 Å². The van der Waals surface area contributed by atoms with E-state index in [-0.39, 0.29) is 18.6 Å². The third kappa shape index (κ3) is 4.70. The Kier molecular flexibility index (Phi) is 6.62. The first-order chi connectivity index (χ1) is 9.10. The number of carboxylic acid groups (broad SMARTS) is 1. The van der Waals surface area contributed by atoms with Crippen molar-refractivity contribution in [1.29, 1.82) is 0 Å². The Labute approximate surface area is 114 Å². The molecular weight excluding hydrogens is 248 g/mol. The van der Waals surface area contributed by atoms with E-state index < -0.39 is 5.97 Å². The highest BCUT2D eigenvalue weighted by atomic mass is 16.4. The molecule has 0 saturated carbocycles. The zero-order chi connectivity index (χ0) is 14.3. The molecule has 1 aliphatic heterocycles. The molecule has 0 atom stereocenters. The summed E-state index contributed by atoms with van der Waals surface area (Å²) in [5.74, 6) is -1.10. The first-order valence-electron chi connectivity index (χ1n) is 6.97. The summed E-state index contributed by atoms with van der Waals surface area (Å²) in [4.78, 5) is 26.5. The third-order valence-electron chi connectivity index (χ3n) is 3.54. The monoisotopic (exact) mass is 272 g/mol. The summed E-state index contributed by atoms with van der Waals surface area (Å²) in [5, 5.41) is 17.9. The predicted octanol–water partition coefficient (Wildman–Crippen LogP) is 0.997. The second-order valence-electron chi connectivity index (χ2n) is 4.95. The molecule has 0 aliphatic carbocycles. The summed E-state index contributed by atoms with van der Waals surface area (Å²) in [7, 11) is 0. The lowest BCUT2D eigenvalue weighted by atomic mass is 9.97. The van der Waals surface area contributed by atoms with Gasteiger partial charge in [0.25, 0.3) is 0 Å². The third-order valence-corrected chi connectivity index (χ3v) is 3.54. The minimum atomic E-state index is -0.773. The van der Waals surface area contributed by atoms with Gasteiger partial charge in [0.1, 0.15) is 0 Å². The lowest BCUT2D eigenvalue weighted by Crippen LogP contribution is -2.48. The van der Waals surface area contributed by atoms with E-state index >= 15 is 0 Å². The predicted molar refractivity (Wildman–Crippen MR) is 70.9 cm³/mol. The number of carbonyl (C=O) groups is 2. The number of amides is 2. The summed E-state index contributed by atoms with van der Waals surface area (Å²) in [6.45, 7) is 3.99. The molecule has 0 bridgehead atoms. The van der Waals surface area contributed by atoms with Crippen LogP contribution in [0.25, 0.3) is 0 Å². The highest BCUT2D eigenvalue weighted by Crippen LogP contribution is 2.18. The summed E-state index contributed by atoms with van der Waals surface area (Å²) in [5.41, 5.74) is 0. The van der Waals surface area contributed by atoms with Crippen molar-refractivity contribution in [2.75, 3.05) is 32.8 Å². The van der Waals surface area contributed by atoms with Crippen molar-refractivity contribution in [3.05, 3.63) is 0 Å². The number of aliphatic hydroxyl groups is 1. The van der Waals surface area contributed by atoms with E-state index in [4.69, 9.17) is 10.2 Å². The van der Waals surface area contributed by atoms with Gasteiger partial charge in [-0.3, -0.25) is 4.79 Å². The number of nitrogens with zero attached hydrogens (tertiary/aromatic N) is 2. The van der Waals surface area contributed by atoms with Crippen molar-refractivity contribution >= 4 is 12.0 Å². The molecule has 0 aromatic heterocycles. The molecule has 0 radical (unpaired) electrons. The standard InChI is InChI=1S/C13H24N2O4/c1-2-3-6-14(9-10-16)13(19)15-7-4-11(5-8-15)12(17)18/h11,16H,2-10H2,1H3,(H,17,18). The summed E-state index contributed by atoms with van der Waals surface area (Å²) in [6, 6.07) is -0.0775. The van der Waals surface area contributed by atoms with Crippen LogP contribution in [0.1, 0.15) is 32.6 Å².